The molecule has 0 bridgehead atoms. The highest BCUT2D eigenvalue weighted by atomic mass is 35.5. The topological polar surface area (TPSA) is 90.5 Å². The van der Waals surface area contributed by atoms with Crippen molar-refractivity contribution in [2.45, 2.75) is 65.1 Å². The first kappa shape index (κ1) is 33.4. The molecule has 7 nitrogen and oxygen atoms in total. The molecule has 1 aliphatic heterocycles. The van der Waals surface area contributed by atoms with Gasteiger partial charge in [-0.05, 0) is 59.8 Å². The molecule has 42 heavy (non-hydrogen) atoms. The van der Waals surface area contributed by atoms with Crippen molar-refractivity contribution in [2.24, 2.45) is 5.41 Å². The lowest BCUT2D eigenvalue weighted by Gasteiger charge is -2.31. The molecule has 3 aromatic rings. The summed E-state index contributed by atoms with van der Waals surface area (Å²) in [6.45, 7) is 8.08. The van der Waals surface area contributed by atoms with Crippen molar-refractivity contribution < 1.29 is 14.4 Å². The number of carbonyl (C=O) groups is 3. The fourth-order valence-corrected chi connectivity index (χ4v) is 5.30. The van der Waals surface area contributed by atoms with E-state index in [4.69, 9.17) is 11.6 Å². The van der Waals surface area contributed by atoms with Gasteiger partial charge in [0.15, 0.2) is 0 Å². The summed E-state index contributed by atoms with van der Waals surface area (Å²) in [6.07, 6.45) is 2.46. The molecular weight excluding hydrogens is 571 g/mol. The molecule has 1 fully saturated rings. The number of amides is 3. The SMILES string of the molecule is CC(C)(C)C(=O)N1CCC[C@H]1C(=O)N[C@H](Cc1ccc2ccccc2c1)C(=O)NCCCNCc1ccc(Cl)cc1.Cl. The fourth-order valence-electron chi connectivity index (χ4n) is 5.17. The van der Waals surface area contributed by atoms with E-state index in [2.05, 4.69) is 22.0 Å². The normalized spacial score (nSPS) is 15.6. The zero-order valence-electron chi connectivity index (χ0n) is 24.6. The van der Waals surface area contributed by atoms with E-state index in [-0.39, 0.29) is 30.1 Å². The van der Waals surface area contributed by atoms with Crippen LogP contribution in [0.3, 0.4) is 0 Å². The van der Waals surface area contributed by atoms with Gasteiger partial charge in [0, 0.05) is 36.5 Å². The summed E-state index contributed by atoms with van der Waals surface area (Å²) in [4.78, 5) is 41.5. The highest BCUT2D eigenvalue weighted by molar-refractivity contribution is 6.30. The van der Waals surface area contributed by atoms with E-state index in [0.29, 0.717) is 31.0 Å². The van der Waals surface area contributed by atoms with Crippen LogP contribution >= 0.6 is 24.0 Å². The van der Waals surface area contributed by atoms with Gasteiger partial charge in [-0.3, -0.25) is 14.4 Å². The standard InChI is InChI=1S/C33H41ClN4O3.ClH/c1-33(2,3)32(41)38-19-6-10-29(38)31(40)37-28(21-24-11-14-25-8-4-5-9-26(25)20-24)30(39)36-18-7-17-35-22-23-12-15-27(34)16-13-23;/h4-5,8-9,11-16,20,28-29,35H,6-7,10,17-19,21-22H2,1-3H3,(H,36,39)(H,37,40);1H/t28-,29+;/m1./s1. The van der Waals surface area contributed by atoms with Gasteiger partial charge in [-0.2, -0.15) is 0 Å². The van der Waals surface area contributed by atoms with Crippen LogP contribution < -0.4 is 16.0 Å². The minimum Gasteiger partial charge on any atom is -0.354 e. The van der Waals surface area contributed by atoms with Crippen LogP contribution in [0.5, 0.6) is 0 Å². The lowest BCUT2D eigenvalue weighted by Crippen LogP contribution is -2.55. The molecule has 2 atom stereocenters. The third-order valence-corrected chi connectivity index (χ3v) is 7.67. The smallest absolute Gasteiger partial charge is 0.243 e. The number of nitrogens with one attached hydrogen (secondary N) is 3. The average Bonchev–Trinajstić information content (AvgIpc) is 3.44. The third kappa shape index (κ3) is 9.18. The van der Waals surface area contributed by atoms with Crippen LogP contribution in [0.15, 0.2) is 66.7 Å². The summed E-state index contributed by atoms with van der Waals surface area (Å²) in [7, 11) is 0. The highest BCUT2D eigenvalue weighted by Crippen LogP contribution is 2.26. The van der Waals surface area contributed by atoms with Crippen molar-refractivity contribution >= 4 is 52.5 Å². The van der Waals surface area contributed by atoms with E-state index in [9.17, 15) is 14.4 Å². The number of halogens is 2. The highest BCUT2D eigenvalue weighted by Gasteiger charge is 2.39. The quantitative estimate of drug-likeness (QED) is 0.257. The van der Waals surface area contributed by atoms with Gasteiger partial charge in [0.25, 0.3) is 0 Å². The summed E-state index contributed by atoms with van der Waals surface area (Å²) in [5, 5.41) is 12.3. The molecule has 0 saturated carbocycles. The van der Waals surface area contributed by atoms with Crippen molar-refractivity contribution in [1.29, 1.82) is 0 Å². The van der Waals surface area contributed by atoms with Gasteiger partial charge in [0.05, 0.1) is 0 Å². The Hall–Kier alpha value is -3.13. The van der Waals surface area contributed by atoms with Gasteiger partial charge in [0.2, 0.25) is 17.7 Å². The van der Waals surface area contributed by atoms with Crippen LogP contribution in [0.2, 0.25) is 5.02 Å². The Morgan fingerprint density at radius 1 is 0.952 bits per heavy atom. The molecule has 0 radical (unpaired) electrons. The van der Waals surface area contributed by atoms with Crippen molar-refractivity contribution in [2.75, 3.05) is 19.6 Å². The third-order valence-electron chi connectivity index (χ3n) is 7.42. The maximum Gasteiger partial charge on any atom is 0.243 e. The summed E-state index contributed by atoms with van der Waals surface area (Å²) in [6, 6.07) is 20.6. The minimum atomic E-state index is -0.752. The molecule has 3 amide bonds. The van der Waals surface area contributed by atoms with Crippen LogP contribution in [-0.2, 0) is 27.3 Å². The van der Waals surface area contributed by atoms with Crippen LogP contribution in [0.1, 0.15) is 51.2 Å². The lowest BCUT2D eigenvalue weighted by atomic mass is 9.94. The Labute approximate surface area is 260 Å². The van der Waals surface area contributed by atoms with Gasteiger partial charge in [0.1, 0.15) is 12.1 Å². The van der Waals surface area contributed by atoms with Crippen LogP contribution in [0, 0.1) is 5.41 Å². The van der Waals surface area contributed by atoms with Gasteiger partial charge >= 0.3 is 0 Å². The number of nitrogens with zero attached hydrogens (tertiary/aromatic N) is 1. The molecule has 0 unspecified atom stereocenters. The summed E-state index contributed by atoms with van der Waals surface area (Å²) < 4.78 is 0. The van der Waals surface area contributed by atoms with E-state index < -0.39 is 17.5 Å². The van der Waals surface area contributed by atoms with Gasteiger partial charge < -0.3 is 20.9 Å². The van der Waals surface area contributed by atoms with E-state index in [1.54, 1.807) is 4.90 Å². The Morgan fingerprint density at radius 2 is 1.64 bits per heavy atom. The fraction of sp³-hybridized carbons (Fsp3) is 0.424. The Bertz CT molecular complexity index is 1360. The average molecular weight is 614 g/mol. The van der Waals surface area contributed by atoms with E-state index in [1.165, 1.54) is 0 Å². The number of benzene rings is 3. The van der Waals surface area contributed by atoms with Crippen molar-refractivity contribution in [3.05, 3.63) is 82.9 Å². The molecule has 3 N–H and O–H groups in total. The number of likely N-dealkylation sites (tertiary alicyclic amines) is 1. The van der Waals surface area contributed by atoms with Crippen LogP contribution in [0.25, 0.3) is 10.8 Å². The van der Waals surface area contributed by atoms with Crippen molar-refractivity contribution in [3.8, 4) is 0 Å². The van der Waals surface area contributed by atoms with E-state index in [0.717, 1.165) is 47.8 Å². The lowest BCUT2D eigenvalue weighted by molar-refractivity contribution is -0.145. The summed E-state index contributed by atoms with van der Waals surface area (Å²) in [5.74, 6) is -0.543. The summed E-state index contributed by atoms with van der Waals surface area (Å²) in [5.41, 5.74) is 1.53. The molecule has 1 heterocycles. The second kappa shape index (κ2) is 15.4. The maximum absolute atomic E-state index is 13.5. The molecular formula is C33H42Cl2N4O3. The molecule has 1 aliphatic rings. The number of carbonyl (C=O) groups excluding carboxylic acids is 3. The number of hydrogen-bond acceptors (Lipinski definition) is 4. The van der Waals surface area contributed by atoms with E-state index in [1.807, 2.05) is 81.4 Å². The second-order valence-corrected chi connectivity index (χ2v) is 12.2. The van der Waals surface area contributed by atoms with Crippen molar-refractivity contribution in [1.82, 2.24) is 20.9 Å². The van der Waals surface area contributed by atoms with Crippen LogP contribution in [0.4, 0.5) is 0 Å². The summed E-state index contributed by atoms with van der Waals surface area (Å²) >= 11 is 5.95. The molecule has 0 spiro atoms. The van der Waals surface area contributed by atoms with Gasteiger partial charge in [-0.15, -0.1) is 12.4 Å². The molecule has 9 heteroatoms. The molecule has 0 aliphatic carbocycles. The maximum atomic E-state index is 13.5. The molecule has 4 rings (SSSR count). The zero-order valence-corrected chi connectivity index (χ0v) is 26.2. The second-order valence-electron chi connectivity index (χ2n) is 11.8. The molecule has 3 aromatic carbocycles. The molecule has 0 aromatic heterocycles. The first-order valence-corrected chi connectivity index (χ1v) is 14.8. The van der Waals surface area contributed by atoms with E-state index >= 15 is 0 Å². The largest absolute Gasteiger partial charge is 0.354 e. The predicted octanol–water partition coefficient (Wildman–Crippen LogP) is 5.28. The van der Waals surface area contributed by atoms with Gasteiger partial charge in [-0.25, -0.2) is 0 Å². The first-order valence-electron chi connectivity index (χ1n) is 14.4. The Kier molecular flexibility index (Phi) is 12.2. The number of fused-ring (bicyclic) bond motifs is 1. The number of hydrogen-bond donors (Lipinski definition) is 3. The van der Waals surface area contributed by atoms with Crippen LogP contribution in [-0.4, -0.2) is 54.3 Å². The monoisotopic (exact) mass is 612 g/mol. The first-order chi connectivity index (χ1) is 19.6. The zero-order chi connectivity index (χ0) is 29.4. The van der Waals surface area contributed by atoms with Crippen molar-refractivity contribution in [3.63, 3.8) is 0 Å². The molecule has 226 valence electrons. The Morgan fingerprint density at radius 3 is 2.36 bits per heavy atom. The Balaban J connectivity index is 0.00000484. The minimum absolute atomic E-state index is 0. The number of rotatable bonds is 11. The molecule has 1 saturated heterocycles. The van der Waals surface area contributed by atoms with Gasteiger partial charge in [-0.1, -0.05) is 87.0 Å². The predicted molar refractivity (Wildman–Crippen MR) is 172 cm³/mol.